The maximum absolute atomic E-state index is 12.5. The number of hydrogen-bond acceptors (Lipinski definition) is 7. The summed E-state index contributed by atoms with van der Waals surface area (Å²) in [6, 6.07) is 16.3. The van der Waals surface area contributed by atoms with Crippen LogP contribution in [0.3, 0.4) is 0 Å². The van der Waals surface area contributed by atoms with E-state index in [0.29, 0.717) is 30.2 Å². The second kappa shape index (κ2) is 9.26. The van der Waals surface area contributed by atoms with E-state index < -0.39 is 5.97 Å². The molecule has 0 amide bonds. The number of carbonyl (C=O) groups is 1. The monoisotopic (exact) mass is 456 g/mol. The van der Waals surface area contributed by atoms with Gasteiger partial charge in [0.1, 0.15) is 11.4 Å². The quantitative estimate of drug-likeness (QED) is 0.355. The molecule has 34 heavy (non-hydrogen) atoms. The summed E-state index contributed by atoms with van der Waals surface area (Å²) in [5.74, 6) is 1.04. The van der Waals surface area contributed by atoms with Gasteiger partial charge in [-0.05, 0) is 35.2 Å². The molecule has 0 aliphatic rings. The number of aromatic nitrogens is 8. The molecule has 0 saturated carbocycles. The van der Waals surface area contributed by atoms with Crippen LogP contribution in [0.15, 0.2) is 54.7 Å². The van der Waals surface area contributed by atoms with Crippen LogP contribution in [0.1, 0.15) is 42.0 Å². The first-order chi connectivity index (χ1) is 16.7. The second-order valence-electron chi connectivity index (χ2n) is 7.82. The Labute approximate surface area is 195 Å². The first kappa shape index (κ1) is 21.5. The van der Waals surface area contributed by atoms with E-state index >= 15 is 0 Å². The number of rotatable bonds is 8. The molecule has 3 aromatic heterocycles. The number of esters is 1. The Balaban J connectivity index is 1.49. The molecular formula is C24H24N8O2. The summed E-state index contributed by atoms with van der Waals surface area (Å²) in [5.41, 5.74) is 5.12. The Kier molecular flexibility index (Phi) is 5.86. The Hall–Kier alpha value is -4.34. The van der Waals surface area contributed by atoms with Crippen molar-refractivity contribution in [1.29, 1.82) is 0 Å². The number of nitrogens with zero attached hydrogens (tertiary/aromatic N) is 7. The summed E-state index contributed by atoms with van der Waals surface area (Å²) in [7, 11) is 0. The van der Waals surface area contributed by atoms with Crippen molar-refractivity contribution in [2.45, 2.75) is 33.2 Å². The van der Waals surface area contributed by atoms with Gasteiger partial charge in [-0.25, -0.2) is 4.79 Å². The van der Waals surface area contributed by atoms with Gasteiger partial charge in [-0.2, -0.15) is 10.3 Å². The maximum atomic E-state index is 12.5. The van der Waals surface area contributed by atoms with Crippen molar-refractivity contribution < 1.29 is 9.53 Å². The molecule has 0 atom stereocenters. The van der Waals surface area contributed by atoms with Crippen LogP contribution in [0.4, 0.5) is 0 Å². The van der Waals surface area contributed by atoms with Gasteiger partial charge in [0.05, 0.1) is 19.3 Å². The van der Waals surface area contributed by atoms with Gasteiger partial charge < -0.3 is 9.30 Å². The van der Waals surface area contributed by atoms with Gasteiger partial charge in [-0.15, -0.1) is 19.9 Å². The Bertz CT molecular complexity index is 1420. The Morgan fingerprint density at radius 1 is 1.06 bits per heavy atom. The number of ether oxygens (including phenoxy) is 1. The average molecular weight is 457 g/mol. The van der Waals surface area contributed by atoms with Crippen LogP contribution in [0.5, 0.6) is 0 Å². The molecule has 0 radical (unpaired) electrons. The van der Waals surface area contributed by atoms with Crippen molar-refractivity contribution >= 4 is 11.6 Å². The van der Waals surface area contributed by atoms with E-state index in [-0.39, 0.29) is 0 Å². The van der Waals surface area contributed by atoms with Gasteiger partial charge in [0.15, 0.2) is 5.65 Å². The van der Waals surface area contributed by atoms with Crippen molar-refractivity contribution in [3.05, 3.63) is 71.7 Å². The molecule has 0 spiro atoms. The summed E-state index contributed by atoms with van der Waals surface area (Å²) in [6.45, 7) is 4.75. The van der Waals surface area contributed by atoms with Crippen LogP contribution < -0.4 is 0 Å². The van der Waals surface area contributed by atoms with Crippen LogP contribution in [-0.4, -0.2) is 52.6 Å². The molecule has 0 saturated heterocycles. The fourth-order valence-corrected chi connectivity index (χ4v) is 4.05. The first-order valence-electron chi connectivity index (χ1n) is 11.2. The van der Waals surface area contributed by atoms with Gasteiger partial charge in [-0.1, -0.05) is 55.5 Å². The minimum atomic E-state index is -0.393. The normalized spacial score (nSPS) is 11.2. The smallest absolute Gasteiger partial charge is 0.343 e. The van der Waals surface area contributed by atoms with Gasteiger partial charge in [-0.3, -0.25) is 0 Å². The molecule has 0 fully saturated rings. The third kappa shape index (κ3) is 3.94. The lowest BCUT2D eigenvalue weighted by molar-refractivity contribution is 0.0528. The number of carbonyl (C=O) groups excluding carboxylic acids is 1. The number of nitrogens with one attached hydrogen (secondary N) is 1. The Morgan fingerprint density at radius 2 is 1.85 bits per heavy atom. The minimum absolute atomic E-state index is 0.304. The highest BCUT2D eigenvalue weighted by Crippen LogP contribution is 2.30. The number of aromatic amines is 1. The van der Waals surface area contributed by atoms with E-state index in [2.05, 4.69) is 62.0 Å². The molecule has 2 aromatic carbocycles. The third-order valence-electron chi connectivity index (χ3n) is 5.59. The number of benzene rings is 2. The SMILES string of the molecule is CCCc1nn2ncc(C(=O)OCC)c2n1Cc1ccc(-c2ccccc2-c2nn[nH]n2)cc1. The molecule has 5 rings (SSSR count). The van der Waals surface area contributed by atoms with Crippen molar-refractivity contribution in [1.82, 2.24) is 40.0 Å². The van der Waals surface area contributed by atoms with E-state index in [0.717, 1.165) is 40.9 Å². The summed E-state index contributed by atoms with van der Waals surface area (Å²) in [4.78, 5) is 12.5. The van der Waals surface area contributed by atoms with E-state index in [1.54, 1.807) is 6.92 Å². The molecule has 10 nitrogen and oxygen atoms in total. The highest BCUT2D eigenvalue weighted by Gasteiger charge is 2.21. The molecule has 0 bridgehead atoms. The largest absolute Gasteiger partial charge is 0.462 e. The minimum Gasteiger partial charge on any atom is -0.462 e. The predicted molar refractivity (Wildman–Crippen MR) is 125 cm³/mol. The number of tetrazole rings is 1. The summed E-state index contributed by atoms with van der Waals surface area (Å²) >= 11 is 0. The summed E-state index contributed by atoms with van der Waals surface area (Å²) in [6.07, 6.45) is 3.23. The topological polar surface area (TPSA) is 116 Å². The number of fused-ring (bicyclic) bond motifs is 1. The van der Waals surface area contributed by atoms with E-state index in [9.17, 15) is 4.79 Å². The molecule has 5 aromatic rings. The zero-order valence-electron chi connectivity index (χ0n) is 19.0. The molecule has 0 aliphatic carbocycles. The standard InChI is InChI=1S/C24H24N8O2/c1-3-7-21-28-32-23(20(14-25-32)24(33)34-4-2)31(21)15-16-10-12-17(13-11-16)18-8-5-6-9-19(18)22-26-29-30-27-22/h5-6,8-14H,3-4,7,15H2,1-2H3,(H,26,27,29,30). The molecule has 0 unspecified atom stereocenters. The van der Waals surface area contributed by atoms with Gasteiger partial charge in [0, 0.05) is 12.0 Å². The predicted octanol–water partition coefficient (Wildman–Crippen LogP) is 3.56. The van der Waals surface area contributed by atoms with Crippen molar-refractivity contribution in [2.75, 3.05) is 6.61 Å². The van der Waals surface area contributed by atoms with E-state index in [1.807, 2.05) is 28.8 Å². The van der Waals surface area contributed by atoms with Crippen LogP contribution in [0.2, 0.25) is 0 Å². The maximum Gasteiger partial charge on any atom is 0.343 e. The van der Waals surface area contributed by atoms with Crippen molar-refractivity contribution in [2.24, 2.45) is 0 Å². The lowest BCUT2D eigenvalue weighted by atomic mass is 9.98. The van der Waals surface area contributed by atoms with Crippen molar-refractivity contribution in [3.63, 3.8) is 0 Å². The van der Waals surface area contributed by atoms with Crippen LogP contribution in [0.25, 0.3) is 28.2 Å². The lowest BCUT2D eigenvalue weighted by Gasteiger charge is -2.11. The third-order valence-corrected chi connectivity index (χ3v) is 5.59. The van der Waals surface area contributed by atoms with Gasteiger partial charge >= 0.3 is 5.97 Å². The molecule has 0 aliphatic heterocycles. The molecule has 10 heteroatoms. The molecule has 3 heterocycles. The number of hydrogen-bond donors (Lipinski definition) is 1. The Morgan fingerprint density at radius 3 is 2.56 bits per heavy atom. The summed E-state index contributed by atoms with van der Waals surface area (Å²) in [5, 5.41) is 23.3. The summed E-state index contributed by atoms with van der Waals surface area (Å²) < 4.78 is 8.79. The highest BCUT2D eigenvalue weighted by molar-refractivity contribution is 5.95. The molecule has 172 valence electrons. The molecular weight excluding hydrogens is 432 g/mol. The van der Waals surface area contributed by atoms with Crippen LogP contribution >= 0.6 is 0 Å². The zero-order chi connectivity index (χ0) is 23.5. The zero-order valence-corrected chi connectivity index (χ0v) is 19.0. The average Bonchev–Trinajstić information content (AvgIpc) is 3.59. The number of H-pyrrole nitrogens is 1. The van der Waals surface area contributed by atoms with Crippen LogP contribution in [-0.2, 0) is 17.7 Å². The lowest BCUT2D eigenvalue weighted by Crippen LogP contribution is -2.10. The van der Waals surface area contributed by atoms with E-state index in [4.69, 9.17) is 4.74 Å². The number of aryl methyl sites for hydroxylation is 1. The second-order valence-corrected chi connectivity index (χ2v) is 7.82. The van der Waals surface area contributed by atoms with Crippen LogP contribution in [0, 0.1) is 0 Å². The van der Waals surface area contributed by atoms with E-state index in [1.165, 1.54) is 10.8 Å². The van der Waals surface area contributed by atoms with Crippen molar-refractivity contribution in [3.8, 4) is 22.5 Å². The van der Waals surface area contributed by atoms with Gasteiger partial charge in [0.25, 0.3) is 0 Å². The fourth-order valence-electron chi connectivity index (χ4n) is 4.05. The van der Waals surface area contributed by atoms with Gasteiger partial charge in [0.2, 0.25) is 5.82 Å². The molecule has 1 N–H and O–H groups in total. The fraction of sp³-hybridized carbons (Fsp3) is 0.250. The highest BCUT2D eigenvalue weighted by atomic mass is 16.5. The first-order valence-corrected chi connectivity index (χ1v) is 11.2.